The van der Waals surface area contributed by atoms with Crippen molar-refractivity contribution in [2.75, 3.05) is 26.1 Å². The number of nitrogens with zero attached hydrogens (tertiary/aromatic N) is 1. The second-order valence-electron chi connectivity index (χ2n) is 5.94. The monoisotopic (exact) mass is 389 g/mol. The first-order chi connectivity index (χ1) is 13.3. The quantitative estimate of drug-likeness (QED) is 0.309. The van der Waals surface area contributed by atoms with Crippen LogP contribution in [0, 0.1) is 28.3 Å². The summed E-state index contributed by atoms with van der Waals surface area (Å²) in [7, 11) is 2.60. The molecule has 148 valence electrons. The highest BCUT2D eigenvalue weighted by molar-refractivity contribution is 5.88. The van der Waals surface area contributed by atoms with Crippen LogP contribution in [0.2, 0.25) is 0 Å². The van der Waals surface area contributed by atoms with Crippen LogP contribution >= 0.6 is 0 Å². The lowest BCUT2D eigenvalue weighted by Crippen LogP contribution is -2.24. The molecule has 9 heteroatoms. The van der Waals surface area contributed by atoms with Gasteiger partial charge in [-0.2, -0.15) is 0 Å². The molecule has 0 saturated carbocycles. The molecule has 2 aromatic carbocycles. The molecule has 2 aromatic rings. The van der Waals surface area contributed by atoms with Crippen molar-refractivity contribution < 1.29 is 23.6 Å². The molecule has 0 aliphatic rings. The molecule has 0 amide bonds. The first-order valence-electron chi connectivity index (χ1n) is 8.27. The number of aryl methyl sites for hydroxylation is 1. The van der Waals surface area contributed by atoms with Crippen molar-refractivity contribution in [1.29, 1.82) is 5.41 Å². The van der Waals surface area contributed by atoms with Gasteiger partial charge in [0.15, 0.2) is 0 Å². The van der Waals surface area contributed by atoms with Crippen LogP contribution in [0.5, 0.6) is 5.75 Å². The number of methoxy groups -OCH3 is 2. The normalized spacial score (nSPS) is 11.4. The third-order valence-corrected chi connectivity index (χ3v) is 4.27. The van der Waals surface area contributed by atoms with Crippen LogP contribution in [0.3, 0.4) is 0 Å². The number of para-hydroxylation sites is 1. The Morgan fingerprint density at radius 3 is 2.68 bits per heavy atom. The summed E-state index contributed by atoms with van der Waals surface area (Å²) in [5, 5.41) is 21.6. The maximum absolute atomic E-state index is 14.1. The van der Waals surface area contributed by atoms with E-state index >= 15 is 0 Å². The molecule has 2 N–H and O–H groups in total. The fourth-order valence-corrected chi connectivity index (χ4v) is 2.82. The lowest BCUT2D eigenvalue weighted by atomic mass is 9.96. The fraction of sp³-hybridized carbons (Fsp3) is 0.263. The van der Waals surface area contributed by atoms with Crippen LogP contribution in [0.15, 0.2) is 30.3 Å². The average molecular weight is 389 g/mol. The van der Waals surface area contributed by atoms with Crippen molar-refractivity contribution in [2.24, 2.45) is 0 Å². The van der Waals surface area contributed by atoms with Crippen LogP contribution in [-0.4, -0.2) is 37.9 Å². The van der Waals surface area contributed by atoms with Gasteiger partial charge in [-0.1, -0.05) is 6.07 Å². The van der Waals surface area contributed by atoms with Gasteiger partial charge in [-0.15, -0.1) is 0 Å². The van der Waals surface area contributed by atoms with Crippen LogP contribution in [0.4, 0.5) is 15.8 Å². The Balaban J connectivity index is 2.44. The number of halogens is 1. The molecule has 0 heterocycles. The second-order valence-corrected chi connectivity index (χ2v) is 5.94. The highest BCUT2D eigenvalue weighted by Crippen LogP contribution is 2.32. The maximum atomic E-state index is 14.1. The molecule has 0 saturated heterocycles. The van der Waals surface area contributed by atoms with Gasteiger partial charge >= 0.3 is 11.7 Å². The van der Waals surface area contributed by atoms with E-state index in [2.05, 4.69) is 5.32 Å². The zero-order valence-corrected chi connectivity index (χ0v) is 15.6. The van der Waals surface area contributed by atoms with Gasteiger partial charge in [-0.25, -0.2) is 4.39 Å². The van der Waals surface area contributed by atoms with Crippen LogP contribution in [0.25, 0.3) is 0 Å². The number of ether oxygens (including phenoxy) is 2. The largest absolute Gasteiger partial charge is 0.496 e. The van der Waals surface area contributed by atoms with Crippen molar-refractivity contribution in [2.45, 2.75) is 12.8 Å². The number of carbonyl (C=O) groups excluding carboxylic acids is 1. The predicted octanol–water partition coefficient (Wildman–Crippen LogP) is 3.42. The maximum Gasteiger partial charge on any atom is 0.315 e. The van der Waals surface area contributed by atoms with Gasteiger partial charge in [0, 0.05) is 18.3 Å². The Bertz CT molecular complexity index is 917. The first-order valence-corrected chi connectivity index (χ1v) is 8.27. The van der Waals surface area contributed by atoms with Crippen LogP contribution in [-0.2, 0) is 9.53 Å². The Morgan fingerprint density at radius 2 is 2.11 bits per heavy atom. The number of benzene rings is 2. The molecule has 0 bridgehead atoms. The van der Waals surface area contributed by atoms with Crippen molar-refractivity contribution in [3.63, 3.8) is 0 Å². The Labute approximate surface area is 160 Å². The van der Waals surface area contributed by atoms with E-state index in [0.717, 1.165) is 6.21 Å². The number of rotatable bonds is 8. The number of anilines is 1. The van der Waals surface area contributed by atoms with Gasteiger partial charge in [0.05, 0.1) is 24.7 Å². The van der Waals surface area contributed by atoms with E-state index in [1.165, 1.54) is 38.5 Å². The van der Waals surface area contributed by atoms with E-state index in [9.17, 15) is 19.3 Å². The Hall–Kier alpha value is -3.49. The van der Waals surface area contributed by atoms with Gasteiger partial charge in [0.25, 0.3) is 0 Å². The highest BCUT2D eigenvalue weighted by atomic mass is 19.1. The summed E-state index contributed by atoms with van der Waals surface area (Å²) >= 11 is 0. The molecular formula is C19H20FN3O5. The molecule has 1 atom stereocenters. The number of nitro groups is 1. The molecule has 0 radical (unpaired) electrons. The minimum absolute atomic E-state index is 0.103. The molecular weight excluding hydrogens is 369 g/mol. The van der Waals surface area contributed by atoms with Gasteiger partial charge in [0.2, 0.25) is 0 Å². The van der Waals surface area contributed by atoms with Gasteiger partial charge in [-0.3, -0.25) is 14.9 Å². The van der Waals surface area contributed by atoms with E-state index in [1.54, 1.807) is 13.0 Å². The van der Waals surface area contributed by atoms with E-state index in [-0.39, 0.29) is 29.0 Å². The van der Waals surface area contributed by atoms with E-state index < -0.39 is 22.6 Å². The van der Waals surface area contributed by atoms with Crippen molar-refractivity contribution in [3.8, 4) is 5.75 Å². The molecule has 8 nitrogen and oxygen atoms in total. The topological polar surface area (TPSA) is 115 Å². The smallest absolute Gasteiger partial charge is 0.315 e. The Kier molecular flexibility index (Phi) is 6.64. The van der Waals surface area contributed by atoms with Crippen LogP contribution < -0.4 is 10.1 Å². The van der Waals surface area contributed by atoms with Crippen molar-refractivity contribution in [1.82, 2.24) is 0 Å². The summed E-state index contributed by atoms with van der Waals surface area (Å²) in [4.78, 5) is 23.1. The third kappa shape index (κ3) is 4.25. The van der Waals surface area contributed by atoms with E-state index in [4.69, 9.17) is 14.9 Å². The first kappa shape index (κ1) is 20.8. The van der Waals surface area contributed by atoms with Crippen LogP contribution in [0.1, 0.15) is 22.6 Å². The number of hydrogen-bond donors (Lipinski definition) is 2. The highest BCUT2D eigenvalue weighted by Gasteiger charge is 2.27. The summed E-state index contributed by atoms with van der Waals surface area (Å²) in [5.74, 6) is -1.83. The SMILES string of the molecule is COC(=O)C(CNc1cccc(C=N)c1[N+](=O)[O-])c1cc(F)c(C)cc1OC. The number of nitro benzene ring substituents is 1. The average Bonchev–Trinajstić information content (AvgIpc) is 2.69. The van der Waals surface area contributed by atoms with Gasteiger partial charge in [0.1, 0.15) is 23.2 Å². The van der Waals surface area contributed by atoms with Gasteiger partial charge < -0.3 is 20.2 Å². The Morgan fingerprint density at radius 1 is 1.39 bits per heavy atom. The standard InChI is InChI=1S/C19H20FN3O5/c1-11-7-17(27-2)13(8-15(11)20)14(19(24)28-3)10-22-16-6-4-5-12(9-21)18(16)23(25)26/h4-9,14,21-22H,10H2,1-3H3. The summed E-state index contributed by atoms with van der Waals surface area (Å²) in [6, 6.07) is 7.12. The minimum atomic E-state index is -0.974. The molecule has 0 spiro atoms. The predicted molar refractivity (Wildman–Crippen MR) is 102 cm³/mol. The van der Waals surface area contributed by atoms with Crippen molar-refractivity contribution in [3.05, 3.63) is 63.0 Å². The number of carbonyl (C=O) groups is 1. The lowest BCUT2D eigenvalue weighted by molar-refractivity contribution is -0.384. The van der Waals surface area contributed by atoms with Crippen molar-refractivity contribution >= 4 is 23.6 Å². The summed E-state index contributed by atoms with van der Waals surface area (Å²) in [5.41, 5.74) is 0.570. The molecule has 0 aliphatic carbocycles. The molecule has 0 aromatic heterocycles. The number of hydrogen-bond acceptors (Lipinski definition) is 7. The lowest BCUT2D eigenvalue weighted by Gasteiger charge is -2.20. The number of nitrogens with one attached hydrogen (secondary N) is 2. The van der Waals surface area contributed by atoms with E-state index in [1.807, 2.05) is 0 Å². The summed E-state index contributed by atoms with van der Waals surface area (Å²) < 4.78 is 24.2. The minimum Gasteiger partial charge on any atom is -0.496 e. The number of esters is 1. The molecule has 0 fully saturated rings. The van der Waals surface area contributed by atoms with E-state index in [0.29, 0.717) is 11.3 Å². The second kappa shape index (κ2) is 8.94. The zero-order chi connectivity index (χ0) is 20.8. The summed E-state index contributed by atoms with van der Waals surface area (Å²) in [6.07, 6.45) is 0.874. The third-order valence-electron chi connectivity index (χ3n) is 4.27. The molecule has 2 rings (SSSR count). The van der Waals surface area contributed by atoms with Gasteiger partial charge in [-0.05, 0) is 36.8 Å². The summed E-state index contributed by atoms with van der Waals surface area (Å²) in [6.45, 7) is 1.47. The molecule has 0 aliphatic heterocycles. The molecule has 1 unspecified atom stereocenters. The molecule has 28 heavy (non-hydrogen) atoms. The zero-order valence-electron chi connectivity index (χ0n) is 15.6. The fourth-order valence-electron chi connectivity index (χ4n) is 2.82.